The summed E-state index contributed by atoms with van der Waals surface area (Å²) < 4.78 is 11.4. The fraction of sp³-hybridized carbons (Fsp3) is 0.176. The third-order valence-electron chi connectivity index (χ3n) is 2.92. The number of hydrogen-bond donors (Lipinski definition) is 0. The van der Waals surface area contributed by atoms with Gasteiger partial charge in [0.2, 0.25) is 0 Å². The average Bonchev–Trinajstić information content (AvgIpc) is 2.46. The van der Waals surface area contributed by atoms with Gasteiger partial charge in [0.15, 0.2) is 12.4 Å². The summed E-state index contributed by atoms with van der Waals surface area (Å²) in [6.07, 6.45) is 0. The summed E-state index contributed by atoms with van der Waals surface area (Å²) in [7, 11) is 0. The Bertz CT molecular complexity index is 710. The van der Waals surface area contributed by atoms with Gasteiger partial charge in [0.05, 0.1) is 10.0 Å². The van der Waals surface area contributed by atoms with Crippen LogP contribution in [0.5, 0.6) is 11.5 Å². The predicted octanol–water partition coefficient (Wildman–Crippen LogP) is 3.94. The Morgan fingerprint density at radius 3 is 2.50 bits per heavy atom. The SMILES string of the molecule is CC(=O)c1ccccc1OC(=O)COc1ccc(C)cc1Br. The number of hydrogen-bond acceptors (Lipinski definition) is 4. The first-order valence-electron chi connectivity index (χ1n) is 6.67. The quantitative estimate of drug-likeness (QED) is 0.459. The van der Waals surface area contributed by atoms with Crippen LogP contribution in [0.4, 0.5) is 0 Å². The summed E-state index contributed by atoms with van der Waals surface area (Å²) in [4.78, 5) is 23.3. The lowest BCUT2D eigenvalue weighted by Gasteiger charge is -2.10. The first-order chi connectivity index (χ1) is 10.5. The molecule has 0 fully saturated rings. The smallest absolute Gasteiger partial charge is 0.349 e. The van der Waals surface area contributed by atoms with Crippen molar-refractivity contribution < 1.29 is 19.1 Å². The number of para-hydroxylation sites is 1. The highest BCUT2D eigenvalue weighted by Gasteiger charge is 2.13. The van der Waals surface area contributed by atoms with E-state index in [1.807, 2.05) is 19.1 Å². The molecule has 0 atom stereocenters. The van der Waals surface area contributed by atoms with E-state index in [0.29, 0.717) is 11.3 Å². The van der Waals surface area contributed by atoms with Gasteiger partial charge in [0, 0.05) is 0 Å². The van der Waals surface area contributed by atoms with Gasteiger partial charge in [-0.1, -0.05) is 18.2 Å². The van der Waals surface area contributed by atoms with Crippen molar-refractivity contribution in [2.45, 2.75) is 13.8 Å². The molecule has 114 valence electrons. The second-order valence-electron chi connectivity index (χ2n) is 4.75. The molecule has 0 spiro atoms. The predicted molar refractivity (Wildman–Crippen MR) is 86.5 cm³/mol. The Labute approximate surface area is 137 Å². The molecular formula is C17H15BrO4. The number of esters is 1. The molecule has 0 saturated heterocycles. The molecule has 0 radical (unpaired) electrons. The second-order valence-corrected chi connectivity index (χ2v) is 5.60. The minimum absolute atomic E-state index is 0.161. The molecule has 5 heteroatoms. The molecule has 2 aromatic carbocycles. The number of ether oxygens (including phenoxy) is 2. The molecule has 0 unspecified atom stereocenters. The van der Waals surface area contributed by atoms with E-state index < -0.39 is 5.97 Å². The molecule has 0 aromatic heterocycles. The number of halogens is 1. The standard InChI is InChI=1S/C17H15BrO4/c1-11-7-8-16(14(18)9-11)21-10-17(20)22-15-6-4-3-5-13(15)12(2)19/h3-9H,10H2,1-2H3. The first-order valence-corrected chi connectivity index (χ1v) is 7.46. The number of aryl methyl sites for hydroxylation is 1. The lowest BCUT2D eigenvalue weighted by atomic mass is 10.1. The maximum absolute atomic E-state index is 11.9. The van der Waals surface area contributed by atoms with Crippen LogP contribution in [0.15, 0.2) is 46.9 Å². The van der Waals surface area contributed by atoms with Crippen molar-refractivity contribution >= 4 is 27.7 Å². The topological polar surface area (TPSA) is 52.6 Å². The molecule has 0 N–H and O–H groups in total. The summed E-state index contributed by atoms with van der Waals surface area (Å²) >= 11 is 3.37. The summed E-state index contributed by atoms with van der Waals surface area (Å²) in [5.41, 5.74) is 1.45. The van der Waals surface area contributed by atoms with E-state index in [-0.39, 0.29) is 18.1 Å². The minimum atomic E-state index is -0.568. The van der Waals surface area contributed by atoms with Gasteiger partial charge in [-0.3, -0.25) is 4.79 Å². The highest BCUT2D eigenvalue weighted by atomic mass is 79.9. The zero-order valence-electron chi connectivity index (χ0n) is 12.3. The highest BCUT2D eigenvalue weighted by molar-refractivity contribution is 9.10. The molecule has 0 aliphatic heterocycles. The van der Waals surface area contributed by atoms with Crippen LogP contribution in [0.3, 0.4) is 0 Å². The molecule has 0 amide bonds. The molecule has 0 saturated carbocycles. The number of Topliss-reactive ketones (excluding diaryl/α,β-unsaturated/α-hetero) is 1. The van der Waals surface area contributed by atoms with Gasteiger partial charge in [-0.05, 0) is 59.6 Å². The summed E-state index contributed by atoms with van der Waals surface area (Å²) in [5, 5.41) is 0. The fourth-order valence-electron chi connectivity index (χ4n) is 1.86. The van der Waals surface area contributed by atoms with E-state index in [1.54, 1.807) is 30.3 Å². The normalized spacial score (nSPS) is 10.1. The molecular weight excluding hydrogens is 348 g/mol. The Kier molecular flexibility index (Phi) is 5.33. The number of ketones is 1. The van der Waals surface area contributed by atoms with Crippen molar-refractivity contribution in [2.24, 2.45) is 0 Å². The van der Waals surface area contributed by atoms with E-state index in [1.165, 1.54) is 6.92 Å². The van der Waals surface area contributed by atoms with Crippen LogP contribution in [0.2, 0.25) is 0 Å². The molecule has 2 rings (SSSR count). The van der Waals surface area contributed by atoms with Gasteiger partial charge in [0.25, 0.3) is 0 Å². The van der Waals surface area contributed by atoms with Crippen LogP contribution < -0.4 is 9.47 Å². The number of rotatable bonds is 5. The Morgan fingerprint density at radius 1 is 1.09 bits per heavy atom. The van der Waals surface area contributed by atoms with Gasteiger partial charge in [0.1, 0.15) is 11.5 Å². The summed E-state index contributed by atoms with van der Waals surface area (Å²) in [6, 6.07) is 12.2. The van der Waals surface area contributed by atoms with E-state index >= 15 is 0 Å². The van der Waals surface area contributed by atoms with Gasteiger partial charge in [-0.25, -0.2) is 4.79 Å². The van der Waals surface area contributed by atoms with Crippen LogP contribution >= 0.6 is 15.9 Å². The van der Waals surface area contributed by atoms with Crippen molar-refractivity contribution in [1.29, 1.82) is 0 Å². The largest absolute Gasteiger partial charge is 0.481 e. The first kappa shape index (κ1) is 16.2. The maximum atomic E-state index is 11.9. The van der Waals surface area contributed by atoms with E-state index in [0.717, 1.165) is 10.0 Å². The van der Waals surface area contributed by atoms with Gasteiger partial charge in [-0.15, -0.1) is 0 Å². The average molecular weight is 363 g/mol. The van der Waals surface area contributed by atoms with Crippen LogP contribution in [0.1, 0.15) is 22.8 Å². The molecule has 0 aliphatic rings. The zero-order chi connectivity index (χ0) is 16.1. The van der Waals surface area contributed by atoms with Crippen LogP contribution in [-0.4, -0.2) is 18.4 Å². The third-order valence-corrected chi connectivity index (χ3v) is 3.54. The lowest BCUT2D eigenvalue weighted by Crippen LogP contribution is -2.19. The maximum Gasteiger partial charge on any atom is 0.349 e. The number of benzene rings is 2. The lowest BCUT2D eigenvalue weighted by molar-refractivity contribution is -0.136. The second kappa shape index (κ2) is 7.22. The van der Waals surface area contributed by atoms with Crippen molar-refractivity contribution in [3.8, 4) is 11.5 Å². The van der Waals surface area contributed by atoms with E-state index in [9.17, 15) is 9.59 Å². The molecule has 0 bridgehead atoms. The van der Waals surface area contributed by atoms with E-state index in [2.05, 4.69) is 15.9 Å². The minimum Gasteiger partial charge on any atom is -0.481 e. The molecule has 2 aromatic rings. The van der Waals surface area contributed by atoms with E-state index in [4.69, 9.17) is 9.47 Å². The van der Waals surface area contributed by atoms with Crippen LogP contribution in [0.25, 0.3) is 0 Å². The van der Waals surface area contributed by atoms with Crippen molar-refractivity contribution in [3.63, 3.8) is 0 Å². The molecule has 0 aliphatic carbocycles. The summed E-state index contributed by atoms with van der Waals surface area (Å²) in [6.45, 7) is 3.14. The zero-order valence-corrected chi connectivity index (χ0v) is 13.8. The van der Waals surface area contributed by atoms with Crippen LogP contribution in [-0.2, 0) is 4.79 Å². The Balaban J connectivity index is 2.00. The van der Waals surface area contributed by atoms with Gasteiger partial charge in [-0.2, -0.15) is 0 Å². The Morgan fingerprint density at radius 2 is 1.82 bits per heavy atom. The molecule has 4 nitrogen and oxygen atoms in total. The van der Waals surface area contributed by atoms with Crippen molar-refractivity contribution in [1.82, 2.24) is 0 Å². The number of carbonyl (C=O) groups excluding carboxylic acids is 2. The Hall–Kier alpha value is -2.14. The monoisotopic (exact) mass is 362 g/mol. The summed E-state index contributed by atoms with van der Waals surface area (Å²) in [5.74, 6) is 0.0701. The van der Waals surface area contributed by atoms with Crippen molar-refractivity contribution in [2.75, 3.05) is 6.61 Å². The van der Waals surface area contributed by atoms with Crippen molar-refractivity contribution in [3.05, 3.63) is 58.1 Å². The fourth-order valence-corrected chi connectivity index (χ4v) is 2.47. The van der Waals surface area contributed by atoms with Gasteiger partial charge >= 0.3 is 5.97 Å². The molecule has 22 heavy (non-hydrogen) atoms. The van der Waals surface area contributed by atoms with Gasteiger partial charge < -0.3 is 9.47 Å². The molecule has 0 heterocycles. The van der Waals surface area contributed by atoms with Crippen LogP contribution in [0, 0.1) is 6.92 Å². The third kappa shape index (κ3) is 4.18. The number of carbonyl (C=O) groups is 2. The highest BCUT2D eigenvalue weighted by Crippen LogP contribution is 2.26.